The highest BCUT2D eigenvalue weighted by atomic mass is 79.9. The first kappa shape index (κ1) is 19.9. The molecule has 0 radical (unpaired) electrons. The van der Waals surface area contributed by atoms with Crippen LogP contribution >= 0.6 is 15.9 Å². The van der Waals surface area contributed by atoms with Crippen molar-refractivity contribution >= 4 is 33.4 Å². The van der Waals surface area contributed by atoms with E-state index in [2.05, 4.69) is 21.2 Å². The lowest BCUT2D eigenvalue weighted by Gasteiger charge is -2.24. The second-order valence-electron chi connectivity index (χ2n) is 6.09. The highest BCUT2D eigenvalue weighted by Gasteiger charge is 2.16. The van der Waals surface area contributed by atoms with E-state index in [0.29, 0.717) is 11.4 Å². The molecular weight excluding hydrogens is 398 g/mol. The normalized spacial score (nSPS) is 10.8. The quantitative estimate of drug-likeness (QED) is 0.686. The summed E-state index contributed by atoms with van der Waals surface area (Å²) in [6.07, 6.45) is 0. The van der Waals surface area contributed by atoms with Gasteiger partial charge in [0.25, 0.3) is 0 Å². The van der Waals surface area contributed by atoms with Gasteiger partial charge in [0.15, 0.2) is 0 Å². The van der Waals surface area contributed by atoms with E-state index in [0.717, 1.165) is 10.2 Å². The van der Waals surface area contributed by atoms with Gasteiger partial charge in [-0.25, -0.2) is 0 Å². The largest absolute Gasteiger partial charge is 0.457 e. The zero-order valence-electron chi connectivity index (χ0n) is 14.7. The lowest BCUT2D eigenvalue weighted by Crippen LogP contribution is -2.43. The van der Waals surface area contributed by atoms with Crippen LogP contribution in [0.4, 0.5) is 5.69 Å². The fraction of sp³-hybridized carbons (Fsp3) is 0.263. The molecule has 0 unspecified atom stereocenters. The number of carbonyl (C=O) groups is 2. The lowest BCUT2D eigenvalue weighted by molar-refractivity contribution is -0.121. The molecular formula is C19H22BrN3O3. The molecule has 0 aromatic heterocycles. The number of carbonyl (C=O) groups excluding carboxylic acids is 2. The summed E-state index contributed by atoms with van der Waals surface area (Å²) in [5.41, 5.74) is 5.87. The Hall–Kier alpha value is -2.38. The SMILES string of the molecule is CC(C)N(CC(N)=O)CC(=O)Nc1ccc(Oc2ccc(Br)cc2)cc1. The number of halogens is 1. The summed E-state index contributed by atoms with van der Waals surface area (Å²) in [5.74, 6) is 0.731. The van der Waals surface area contributed by atoms with Crippen molar-refractivity contribution in [3.63, 3.8) is 0 Å². The highest BCUT2D eigenvalue weighted by Crippen LogP contribution is 2.24. The lowest BCUT2D eigenvalue weighted by atomic mass is 10.2. The van der Waals surface area contributed by atoms with Crippen LogP contribution in [-0.2, 0) is 9.59 Å². The van der Waals surface area contributed by atoms with Gasteiger partial charge in [0.2, 0.25) is 11.8 Å². The molecule has 26 heavy (non-hydrogen) atoms. The predicted molar refractivity (Wildman–Crippen MR) is 105 cm³/mol. The number of nitrogens with zero attached hydrogens (tertiary/aromatic N) is 1. The van der Waals surface area contributed by atoms with Gasteiger partial charge in [0.1, 0.15) is 11.5 Å². The van der Waals surface area contributed by atoms with Gasteiger partial charge in [0.05, 0.1) is 13.1 Å². The number of nitrogens with one attached hydrogen (secondary N) is 1. The summed E-state index contributed by atoms with van der Waals surface area (Å²) in [5, 5.41) is 2.80. The molecule has 6 nitrogen and oxygen atoms in total. The number of hydrogen-bond acceptors (Lipinski definition) is 4. The van der Waals surface area contributed by atoms with Gasteiger partial charge in [0, 0.05) is 16.2 Å². The summed E-state index contributed by atoms with van der Waals surface area (Å²) in [7, 11) is 0. The van der Waals surface area contributed by atoms with E-state index in [1.807, 2.05) is 38.1 Å². The van der Waals surface area contributed by atoms with E-state index in [9.17, 15) is 9.59 Å². The standard InChI is InChI=1S/C19H22BrN3O3/c1-13(2)23(11-18(21)24)12-19(25)22-15-5-9-17(10-6-15)26-16-7-3-14(20)4-8-16/h3-10,13H,11-12H2,1-2H3,(H2,21,24)(H,22,25). The molecule has 0 heterocycles. The van der Waals surface area contributed by atoms with E-state index in [1.54, 1.807) is 29.2 Å². The minimum absolute atomic E-state index is 0.0370. The number of hydrogen-bond donors (Lipinski definition) is 2. The van der Waals surface area contributed by atoms with Crippen molar-refractivity contribution in [2.24, 2.45) is 5.73 Å². The number of rotatable bonds is 8. The van der Waals surface area contributed by atoms with E-state index in [4.69, 9.17) is 10.5 Å². The first-order chi connectivity index (χ1) is 12.3. The Balaban J connectivity index is 1.92. The maximum atomic E-state index is 12.2. The molecule has 0 saturated carbocycles. The third-order valence-electron chi connectivity index (χ3n) is 3.62. The average molecular weight is 420 g/mol. The molecule has 2 aromatic carbocycles. The van der Waals surface area contributed by atoms with Crippen molar-refractivity contribution in [1.29, 1.82) is 0 Å². The summed E-state index contributed by atoms with van der Waals surface area (Å²) in [6.45, 7) is 3.96. The number of benzene rings is 2. The van der Waals surface area contributed by atoms with Gasteiger partial charge < -0.3 is 15.8 Å². The number of nitrogens with two attached hydrogens (primary N) is 1. The molecule has 0 saturated heterocycles. The molecule has 138 valence electrons. The molecule has 3 N–H and O–H groups in total. The number of amides is 2. The average Bonchev–Trinajstić information content (AvgIpc) is 2.57. The van der Waals surface area contributed by atoms with Crippen LogP contribution in [-0.4, -0.2) is 35.8 Å². The summed E-state index contributed by atoms with van der Waals surface area (Å²) >= 11 is 3.38. The van der Waals surface area contributed by atoms with Crippen LogP contribution in [0.2, 0.25) is 0 Å². The molecule has 0 bridgehead atoms. The van der Waals surface area contributed by atoms with Crippen LogP contribution in [0.5, 0.6) is 11.5 Å². The molecule has 0 aliphatic rings. The fourth-order valence-electron chi connectivity index (χ4n) is 2.25. The second-order valence-corrected chi connectivity index (χ2v) is 7.01. The van der Waals surface area contributed by atoms with E-state index < -0.39 is 5.91 Å². The van der Waals surface area contributed by atoms with Crippen LogP contribution in [0, 0.1) is 0 Å². The highest BCUT2D eigenvalue weighted by molar-refractivity contribution is 9.10. The summed E-state index contributed by atoms with van der Waals surface area (Å²) in [4.78, 5) is 25.0. The maximum absolute atomic E-state index is 12.2. The Morgan fingerprint density at radius 1 is 1.04 bits per heavy atom. The predicted octanol–water partition coefficient (Wildman–Crippen LogP) is 3.38. The number of primary amides is 1. The van der Waals surface area contributed by atoms with Gasteiger partial charge >= 0.3 is 0 Å². The minimum Gasteiger partial charge on any atom is -0.457 e. The van der Waals surface area contributed by atoms with Crippen molar-refractivity contribution in [3.05, 3.63) is 53.0 Å². The van der Waals surface area contributed by atoms with Crippen LogP contribution in [0.1, 0.15) is 13.8 Å². The van der Waals surface area contributed by atoms with Gasteiger partial charge in [-0.2, -0.15) is 0 Å². The molecule has 0 spiro atoms. The molecule has 2 aromatic rings. The smallest absolute Gasteiger partial charge is 0.238 e. The second kappa shape index (κ2) is 9.35. The van der Waals surface area contributed by atoms with Crippen molar-refractivity contribution < 1.29 is 14.3 Å². The first-order valence-electron chi connectivity index (χ1n) is 8.19. The Kier molecular flexibility index (Phi) is 7.17. The van der Waals surface area contributed by atoms with Crippen molar-refractivity contribution in [2.45, 2.75) is 19.9 Å². The fourth-order valence-corrected chi connectivity index (χ4v) is 2.52. The Bertz CT molecular complexity index is 746. The zero-order chi connectivity index (χ0) is 19.1. The Morgan fingerprint density at radius 3 is 2.08 bits per heavy atom. The van der Waals surface area contributed by atoms with Crippen LogP contribution < -0.4 is 15.8 Å². The van der Waals surface area contributed by atoms with Crippen LogP contribution in [0.3, 0.4) is 0 Å². The van der Waals surface area contributed by atoms with Crippen molar-refractivity contribution in [3.8, 4) is 11.5 Å². The van der Waals surface area contributed by atoms with Crippen LogP contribution in [0.15, 0.2) is 53.0 Å². The first-order valence-corrected chi connectivity index (χ1v) is 8.98. The number of ether oxygens (including phenoxy) is 1. The molecule has 0 aliphatic heterocycles. The molecule has 0 fully saturated rings. The van der Waals surface area contributed by atoms with Crippen LogP contribution in [0.25, 0.3) is 0 Å². The molecule has 2 amide bonds. The van der Waals surface area contributed by atoms with Crippen molar-refractivity contribution in [1.82, 2.24) is 4.90 Å². The molecule has 0 atom stereocenters. The van der Waals surface area contributed by atoms with Gasteiger partial charge in [-0.1, -0.05) is 15.9 Å². The monoisotopic (exact) mass is 419 g/mol. The maximum Gasteiger partial charge on any atom is 0.238 e. The minimum atomic E-state index is -0.457. The summed E-state index contributed by atoms with van der Waals surface area (Å²) < 4.78 is 6.72. The third-order valence-corrected chi connectivity index (χ3v) is 4.15. The Morgan fingerprint density at radius 2 is 1.58 bits per heavy atom. The molecule has 7 heteroatoms. The zero-order valence-corrected chi connectivity index (χ0v) is 16.3. The summed E-state index contributed by atoms with van der Waals surface area (Å²) in [6, 6.07) is 14.6. The topological polar surface area (TPSA) is 84.7 Å². The molecule has 0 aliphatic carbocycles. The molecule has 2 rings (SSSR count). The van der Waals surface area contributed by atoms with Gasteiger partial charge in [-0.05, 0) is 62.4 Å². The van der Waals surface area contributed by atoms with E-state index in [-0.39, 0.29) is 25.0 Å². The van der Waals surface area contributed by atoms with Gasteiger partial charge in [-0.15, -0.1) is 0 Å². The van der Waals surface area contributed by atoms with Crippen molar-refractivity contribution in [2.75, 3.05) is 18.4 Å². The Labute approximate surface area is 161 Å². The van der Waals surface area contributed by atoms with E-state index in [1.165, 1.54) is 0 Å². The van der Waals surface area contributed by atoms with Gasteiger partial charge in [-0.3, -0.25) is 14.5 Å². The third kappa shape index (κ3) is 6.50. The number of anilines is 1. The van der Waals surface area contributed by atoms with E-state index >= 15 is 0 Å².